The lowest BCUT2D eigenvalue weighted by atomic mass is 10.1. The molecular weight excluding hydrogens is 306 g/mol. The molecule has 1 amide bonds. The molecule has 2 heterocycles. The molecule has 1 aliphatic rings. The third-order valence-corrected chi connectivity index (χ3v) is 5.33. The number of rotatable bonds is 4. The van der Waals surface area contributed by atoms with Crippen molar-refractivity contribution in [1.29, 1.82) is 0 Å². The minimum Gasteiger partial charge on any atom is -0.348 e. The highest BCUT2D eigenvalue weighted by molar-refractivity contribution is 7.91. The van der Waals surface area contributed by atoms with Gasteiger partial charge in [-0.3, -0.25) is 4.79 Å². The largest absolute Gasteiger partial charge is 0.348 e. The third-order valence-electron chi connectivity index (χ3n) is 3.56. The second-order valence-electron chi connectivity index (χ2n) is 5.16. The van der Waals surface area contributed by atoms with Crippen molar-refractivity contribution < 1.29 is 13.2 Å². The first-order chi connectivity index (χ1) is 10.6. The molecule has 0 saturated carbocycles. The SMILES string of the molecule is O=C(NCc1nnnn1-c1ccccc1)[C@H]1CCS(=O)(=O)C1. The Bertz CT molecular complexity index is 772. The highest BCUT2D eigenvalue weighted by atomic mass is 32.2. The number of carbonyl (C=O) groups is 1. The lowest BCUT2D eigenvalue weighted by molar-refractivity contribution is -0.124. The average molecular weight is 321 g/mol. The van der Waals surface area contributed by atoms with Crippen molar-refractivity contribution in [2.75, 3.05) is 11.5 Å². The molecule has 1 aliphatic heterocycles. The van der Waals surface area contributed by atoms with Crippen LogP contribution in [-0.2, 0) is 21.2 Å². The van der Waals surface area contributed by atoms with Crippen LogP contribution in [0.25, 0.3) is 5.69 Å². The van der Waals surface area contributed by atoms with Crippen molar-refractivity contribution in [3.8, 4) is 5.69 Å². The average Bonchev–Trinajstić information content (AvgIpc) is 3.12. The Kier molecular flexibility index (Phi) is 3.88. The molecule has 0 radical (unpaired) electrons. The molecule has 0 unspecified atom stereocenters. The molecule has 116 valence electrons. The normalized spacial score (nSPS) is 19.9. The van der Waals surface area contributed by atoms with Gasteiger partial charge in [0.2, 0.25) is 5.91 Å². The molecule has 9 heteroatoms. The van der Waals surface area contributed by atoms with Crippen molar-refractivity contribution in [2.24, 2.45) is 5.92 Å². The van der Waals surface area contributed by atoms with Crippen LogP contribution in [0.1, 0.15) is 12.2 Å². The molecule has 1 atom stereocenters. The van der Waals surface area contributed by atoms with Crippen molar-refractivity contribution in [3.63, 3.8) is 0 Å². The van der Waals surface area contributed by atoms with Gasteiger partial charge in [-0.1, -0.05) is 18.2 Å². The second kappa shape index (κ2) is 5.84. The lowest BCUT2D eigenvalue weighted by Crippen LogP contribution is -2.31. The maximum absolute atomic E-state index is 12.0. The van der Waals surface area contributed by atoms with E-state index in [4.69, 9.17) is 0 Å². The number of hydrogen-bond donors (Lipinski definition) is 1. The molecule has 8 nitrogen and oxygen atoms in total. The summed E-state index contributed by atoms with van der Waals surface area (Å²) in [4.78, 5) is 12.0. The van der Waals surface area contributed by atoms with Crippen LogP contribution in [0.15, 0.2) is 30.3 Å². The molecule has 3 rings (SSSR count). The molecule has 1 aromatic heterocycles. The Morgan fingerprint density at radius 1 is 1.32 bits per heavy atom. The van der Waals surface area contributed by atoms with E-state index in [-0.39, 0.29) is 24.0 Å². The van der Waals surface area contributed by atoms with Gasteiger partial charge in [0.05, 0.1) is 29.7 Å². The number of para-hydroxylation sites is 1. The van der Waals surface area contributed by atoms with Crippen LogP contribution >= 0.6 is 0 Å². The Labute approximate surface area is 127 Å². The van der Waals surface area contributed by atoms with E-state index >= 15 is 0 Å². The summed E-state index contributed by atoms with van der Waals surface area (Å²) in [5.41, 5.74) is 0.792. The monoisotopic (exact) mass is 321 g/mol. The van der Waals surface area contributed by atoms with Crippen molar-refractivity contribution in [1.82, 2.24) is 25.5 Å². The summed E-state index contributed by atoms with van der Waals surface area (Å²) in [5.74, 6) is -0.273. The van der Waals surface area contributed by atoms with Gasteiger partial charge in [-0.25, -0.2) is 8.42 Å². The molecule has 22 heavy (non-hydrogen) atoms. The number of amides is 1. The van der Waals surface area contributed by atoms with Crippen LogP contribution in [0.4, 0.5) is 0 Å². The number of carbonyl (C=O) groups excluding carboxylic acids is 1. The summed E-state index contributed by atoms with van der Waals surface area (Å²) < 4.78 is 24.3. The first kappa shape index (κ1) is 14.6. The minimum atomic E-state index is -3.07. The first-order valence-corrected chi connectivity index (χ1v) is 8.68. The number of tetrazole rings is 1. The fraction of sp³-hybridized carbons (Fsp3) is 0.385. The summed E-state index contributed by atoms with van der Waals surface area (Å²) in [6.45, 7) is 0.150. The van der Waals surface area contributed by atoms with Crippen LogP contribution in [0.2, 0.25) is 0 Å². The molecule has 0 bridgehead atoms. The maximum atomic E-state index is 12.0. The van der Waals surface area contributed by atoms with Gasteiger partial charge in [0.25, 0.3) is 0 Å². The smallest absolute Gasteiger partial charge is 0.224 e. The van der Waals surface area contributed by atoms with E-state index < -0.39 is 15.8 Å². The molecule has 1 aromatic carbocycles. The van der Waals surface area contributed by atoms with Crippen molar-refractivity contribution >= 4 is 15.7 Å². The van der Waals surface area contributed by atoms with E-state index in [1.165, 1.54) is 4.68 Å². The Morgan fingerprint density at radius 3 is 2.77 bits per heavy atom. The highest BCUT2D eigenvalue weighted by Gasteiger charge is 2.32. The number of nitrogens with one attached hydrogen (secondary N) is 1. The van der Waals surface area contributed by atoms with E-state index in [0.29, 0.717) is 12.2 Å². The van der Waals surface area contributed by atoms with Crippen LogP contribution in [-0.4, -0.2) is 46.0 Å². The zero-order valence-electron chi connectivity index (χ0n) is 11.7. The summed E-state index contributed by atoms with van der Waals surface area (Å²) in [5, 5.41) is 14.1. The highest BCUT2D eigenvalue weighted by Crippen LogP contribution is 2.18. The predicted octanol–water partition coefficient (Wildman–Crippen LogP) is -0.287. The number of nitrogens with zero attached hydrogens (tertiary/aromatic N) is 4. The van der Waals surface area contributed by atoms with Crippen LogP contribution in [0.5, 0.6) is 0 Å². The van der Waals surface area contributed by atoms with Crippen molar-refractivity contribution in [3.05, 3.63) is 36.2 Å². The summed E-state index contributed by atoms with van der Waals surface area (Å²) in [6, 6.07) is 9.32. The van der Waals surface area contributed by atoms with E-state index in [2.05, 4.69) is 20.8 Å². The Morgan fingerprint density at radius 2 is 2.09 bits per heavy atom. The molecule has 1 N–H and O–H groups in total. The zero-order valence-corrected chi connectivity index (χ0v) is 12.5. The van der Waals surface area contributed by atoms with Gasteiger partial charge in [0.1, 0.15) is 0 Å². The van der Waals surface area contributed by atoms with Gasteiger partial charge < -0.3 is 5.32 Å². The van der Waals surface area contributed by atoms with E-state index in [1.807, 2.05) is 30.3 Å². The van der Waals surface area contributed by atoms with E-state index in [1.54, 1.807) is 0 Å². The maximum Gasteiger partial charge on any atom is 0.224 e. The van der Waals surface area contributed by atoms with Gasteiger partial charge in [-0.05, 0) is 29.0 Å². The van der Waals surface area contributed by atoms with E-state index in [0.717, 1.165) is 5.69 Å². The molecular formula is C13H15N5O3S. The summed E-state index contributed by atoms with van der Waals surface area (Å²) in [7, 11) is -3.07. The summed E-state index contributed by atoms with van der Waals surface area (Å²) in [6.07, 6.45) is 0.373. The van der Waals surface area contributed by atoms with Gasteiger partial charge in [-0.15, -0.1) is 5.10 Å². The topological polar surface area (TPSA) is 107 Å². The number of sulfone groups is 1. The van der Waals surface area contributed by atoms with Crippen molar-refractivity contribution in [2.45, 2.75) is 13.0 Å². The lowest BCUT2D eigenvalue weighted by Gasteiger charge is -2.09. The van der Waals surface area contributed by atoms with Crippen LogP contribution in [0, 0.1) is 5.92 Å². The second-order valence-corrected chi connectivity index (χ2v) is 7.39. The molecule has 1 fully saturated rings. The number of aromatic nitrogens is 4. The number of hydrogen-bond acceptors (Lipinski definition) is 6. The number of benzene rings is 1. The fourth-order valence-electron chi connectivity index (χ4n) is 2.40. The minimum absolute atomic E-state index is 0.0762. The van der Waals surface area contributed by atoms with Gasteiger partial charge >= 0.3 is 0 Å². The summed E-state index contributed by atoms with van der Waals surface area (Å²) >= 11 is 0. The predicted molar refractivity (Wildman–Crippen MR) is 77.8 cm³/mol. The molecule has 0 aliphatic carbocycles. The zero-order chi connectivity index (χ0) is 15.6. The molecule has 2 aromatic rings. The standard InChI is InChI=1S/C13H15N5O3S/c19-13(10-6-7-22(20,21)9-10)14-8-12-15-16-17-18(12)11-4-2-1-3-5-11/h1-5,10H,6-9H2,(H,14,19)/t10-/m0/s1. The molecule has 0 spiro atoms. The molecule has 1 saturated heterocycles. The van der Waals surface area contributed by atoms with Gasteiger partial charge in [0, 0.05) is 0 Å². The van der Waals surface area contributed by atoms with Crippen LogP contribution < -0.4 is 5.32 Å². The fourth-order valence-corrected chi connectivity index (χ4v) is 4.14. The van der Waals surface area contributed by atoms with E-state index in [9.17, 15) is 13.2 Å². The Hall–Kier alpha value is -2.29. The Balaban J connectivity index is 1.66. The van der Waals surface area contributed by atoms with Gasteiger partial charge in [0.15, 0.2) is 15.7 Å². The first-order valence-electron chi connectivity index (χ1n) is 6.86. The van der Waals surface area contributed by atoms with Crippen LogP contribution in [0.3, 0.4) is 0 Å². The third kappa shape index (κ3) is 3.14. The quantitative estimate of drug-likeness (QED) is 0.829. The van der Waals surface area contributed by atoms with Gasteiger partial charge in [-0.2, -0.15) is 4.68 Å².